The zero-order valence-electron chi connectivity index (χ0n) is 6.55. The van der Waals surface area contributed by atoms with E-state index in [1.165, 1.54) is 6.92 Å². The summed E-state index contributed by atoms with van der Waals surface area (Å²) in [6, 6.07) is 0. The summed E-state index contributed by atoms with van der Waals surface area (Å²) in [6.45, 7) is 5.45. The number of carbonyl (C=O) groups excluding carboxylic acids is 2. The summed E-state index contributed by atoms with van der Waals surface area (Å²) in [5.74, 6) is -2.27. The summed E-state index contributed by atoms with van der Waals surface area (Å²) in [5.41, 5.74) is 0.0648. The van der Waals surface area contributed by atoms with Crippen molar-refractivity contribution in [1.29, 1.82) is 0 Å². The third kappa shape index (κ3) is 44.1. The van der Waals surface area contributed by atoms with Gasteiger partial charge in [-0.2, -0.15) is 0 Å². The van der Waals surface area contributed by atoms with Crippen molar-refractivity contribution in [3.05, 3.63) is 12.2 Å². The van der Waals surface area contributed by atoms with E-state index in [-0.39, 0.29) is 28.6 Å². The first kappa shape index (κ1) is 16.8. The molecule has 0 aromatic carbocycles. The number of hydrogen-bond donors (Lipinski definition) is 0. The standard InChI is InChI=1S/C4H6O2.C2H4O2.Mg/c1-3(2)4(5)6;1-2(3)4;/h1H2,2H3,(H,5,6);1H3,(H,3,4);/q;;+2/p-2. The maximum atomic E-state index is 9.49. The van der Waals surface area contributed by atoms with Gasteiger partial charge in [0.05, 0.1) is 5.97 Å². The first-order valence-electron chi connectivity index (χ1n) is 2.42. The molecule has 0 saturated carbocycles. The summed E-state index contributed by atoms with van der Waals surface area (Å²) >= 11 is 0. The molecule has 0 radical (unpaired) electrons. The smallest absolute Gasteiger partial charge is 0.550 e. The molecule has 11 heavy (non-hydrogen) atoms. The van der Waals surface area contributed by atoms with Crippen LogP contribution < -0.4 is 10.2 Å². The third-order valence-corrected chi connectivity index (χ3v) is 0.348. The molecule has 0 amide bonds. The van der Waals surface area contributed by atoms with Crippen LogP contribution in [0.25, 0.3) is 0 Å². The molecule has 0 atom stereocenters. The van der Waals surface area contributed by atoms with Crippen molar-refractivity contribution in [3.63, 3.8) is 0 Å². The molecule has 0 aliphatic rings. The molecule has 5 heteroatoms. The number of rotatable bonds is 1. The van der Waals surface area contributed by atoms with Crippen molar-refractivity contribution in [1.82, 2.24) is 0 Å². The van der Waals surface area contributed by atoms with Crippen LogP contribution in [-0.4, -0.2) is 35.0 Å². The Morgan fingerprint density at radius 1 is 1.18 bits per heavy atom. The maximum absolute atomic E-state index is 9.49. The van der Waals surface area contributed by atoms with Gasteiger partial charge in [0.1, 0.15) is 0 Å². The molecule has 4 nitrogen and oxygen atoms in total. The molecule has 0 fully saturated rings. The Labute approximate surface area is 81.1 Å². The molecule has 0 spiro atoms. The van der Waals surface area contributed by atoms with Gasteiger partial charge in [0.25, 0.3) is 0 Å². The molecule has 0 heterocycles. The molecule has 0 aliphatic heterocycles. The largest absolute Gasteiger partial charge is 2.00 e. The second-order valence-corrected chi connectivity index (χ2v) is 1.56. The molecule has 0 N–H and O–H groups in total. The molecular weight excluding hydrogens is 160 g/mol. The predicted molar refractivity (Wildman–Crippen MR) is 36.3 cm³/mol. The van der Waals surface area contributed by atoms with Crippen LogP contribution in [0.1, 0.15) is 13.8 Å². The van der Waals surface area contributed by atoms with Crippen molar-refractivity contribution in [2.75, 3.05) is 0 Å². The fraction of sp³-hybridized carbons (Fsp3) is 0.333. The van der Waals surface area contributed by atoms with E-state index in [4.69, 9.17) is 9.90 Å². The Balaban J connectivity index is -0.000000114. The molecular formula is C6H8MgO4. The normalized spacial score (nSPS) is 6.36. The van der Waals surface area contributed by atoms with Gasteiger partial charge in [0.2, 0.25) is 0 Å². The Kier molecular flexibility index (Phi) is 14.4. The Morgan fingerprint density at radius 3 is 1.27 bits per heavy atom. The SMILES string of the molecule is C=C(C)C(=O)[O-].CC(=O)[O-].[Mg+2]. The van der Waals surface area contributed by atoms with E-state index >= 15 is 0 Å². The molecule has 0 aliphatic carbocycles. The zero-order chi connectivity index (χ0) is 8.73. The van der Waals surface area contributed by atoms with E-state index in [9.17, 15) is 9.90 Å². The fourth-order valence-electron chi connectivity index (χ4n) is 0. The first-order valence-corrected chi connectivity index (χ1v) is 2.42. The summed E-state index contributed by atoms with van der Waals surface area (Å²) in [4.78, 5) is 18.4. The van der Waals surface area contributed by atoms with E-state index in [1.54, 1.807) is 0 Å². The van der Waals surface area contributed by atoms with Crippen molar-refractivity contribution in [2.45, 2.75) is 13.8 Å². The molecule has 0 aromatic rings. The number of hydrogen-bond acceptors (Lipinski definition) is 4. The van der Waals surface area contributed by atoms with Crippen LogP contribution >= 0.6 is 0 Å². The minimum Gasteiger partial charge on any atom is -0.550 e. The van der Waals surface area contributed by atoms with Crippen molar-refractivity contribution >= 4 is 35.0 Å². The second kappa shape index (κ2) is 9.45. The third-order valence-electron chi connectivity index (χ3n) is 0.348. The average Bonchev–Trinajstić information content (AvgIpc) is 1.63. The average molecular weight is 168 g/mol. The van der Waals surface area contributed by atoms with E-state index < -0.39 is 11.9 Å². The van der Waals surface area contributed by atoms with E-state index in [0.29, 0.717) is 0 Å². The molecule has 58 valence electrons. The Bertz CT molecular complexity index is 137. The predicted octanol–water partition coefficient (Wildman–Crippen LogP) is -2.31. The van der Waals surface area contributed by atoms with Gasteiger partial charge in [-0.3, -0.25) is 0 Å². The van der Waals surface area contributed by atoms with Gasteiger partial charge < -0.3 is 19.8 Å². The summed E-state index contributed by atoms with van der Waals surface area (Å²) in [7, 11) is 0. The van der Waals surface area contributed by atoms with Crippen LogP contribution in [0.15, 0.2) is 12.2 Å². The number of carboxylic acids is 2. The van der Waals surface area contributed by atoms with Gasteiger partial charge in [0, 0.05) is 5.97 Å². The van der Waals surface area contributed by atoms with E-state index in [1.807, 2.05) is 0 Å². The van der Waals surface area contributed by atoms with Crippen LogP contribution in [0, 0.1) is 0 Å². The topological polar surface area (TPSA) is 80.3 Å². The molecule has 0 aromatic heterocycles. The van der Waals surface area contributed by atoms with Crippen LogP contribution in [0.5, 0.6) is 0 Å². The van der Waals surface area contributed by atoms with Gasteiger partial charge >= 0.3 is 23.1 Å². The van der Waals surface area contributed by atoms with Gasteiger partial charge in [-0.05, 0) is 19.4 Å². The van der Waals surface area contributed by atoms with Gasteiger partial charge in [-0.15, -0.1) is 0 Å². The van der Waals surface area contributed by atoms with Crippen molar-refractivity contribution in [3.8, 4) is 0 Å². The van der Waals surface area contributed by atoms with Gasteiger partial charge in [-0.25, -0.2) is 0 Å². The van der Waals surface area contributed by atoms with E-state index in [0.717, 1.165) is 6.92 Å². The Morgan fingerprint density at radius 2 is 1.27 bits per heavy atom. The summed E-state index contributed by atoms with van der Waals surface area (Å²) in [5, 5.41) is 18.4. The zero-order valence-corrected chi connectivity index (χ0v) is 7.96. The van der Waals surface area contributed by atoms with Crippen LogP contribution in [0.2, 0.25) is 0 Å². The van der Waals surface area contributed by atoms with Crippen molar-refractivity contribution in [2.24, 2.45) is 0 Å². The monoisotopic (exact) mass is 168 g/mol. The molecule has 0 bridgehead atoms. The van der Waals surface area contributed by atoms with Gasteiger partial charge in [0.15, 0.2) is 0 Å². The summed E-state index contributed by atoms with van der Waals surface area (Å²) in [6.07, 6.45) is 0. The maximum Gasteiger partial charge on any atom is 2.00 e. The van der Waals surface area contributed by atoms with Crippen LogP contribution in [-0.2, 0) is 9.59 Å². The second-order valence-electron chi connectivity index (χ2n) is 1.56. The van der Waals surface area contributed by atoms with Gasteiger partial charge in [-0.1, -0.05) is 6.58 Å². The minimum absolute atomic E-state index is 0. The quantitative estimate of drug-likeness (QED) is 0.325. The van der Waals surface area contributed by atoms with Crippen LogP contribution in [0.3, 0.4) is 0 Å². The molecule has 0 saturated heterocycles. The number of aliphatic carboxylic acids is 2. The first-order chi connectivity index (χ1) is 4.37. The summed E-state index contributed by atoms with van der Waals surface area (Å²) < 4.78 is 0. The Hall–Kier alpha value is -0.554. The van der Waals surface area contributed by atoms with Crippen molar-refractivity contribution < 1.29 is 19.8 Å². The van der Waals surface area contributed by atoms with Crippen LogP contribution in [0.4, 0.5) is 0 Å². The molecule has 0 rings (SSSR count). The fourth-order valence-corrected chi connectivity index (χ4v) is 0. The number of carbonyl (C=O) groups is 2. The molecule has 0 unspecified atom stereocenters. The van der Waals surface area contributed by atoms with E-state index in [2.05, 4.69) is 6.58 Å². The minimum atomic E-state index is -1.19. The number of carboxylic acid groups (broad SMARTS) is 2.